The van der Waals surface area contributed by atoms with Crippen LogP contribution >= 0.6 is 12.2 Å². The standard InChI is InChI=1S/C13H14F3N3OS/c14-13(15,16)8-1-2-10(9(5-8)12(18)21)19-4-3-7(6-19)11(17)20/h1-2,5,7H,3-4,6H2,(H2,17,20)(H2,18,21). The van der Waals surface area contributed by atoms with Gasteiger partial charge in [-0.15, -0.1) is 0 Å². The van der Waals surface area contributed by atoms with Crippen molar-refractivity contribution in [2.24, 2.45) is 17.4 Å². The van der Waals surface area contributed by atoms with Crippen LogP contribution in [0.4, 0.5) is 18.9 Å². The summed E-state index contributed by atoms with van der Waals surface area (Å²) < 4.78 is 38.2. The maximum absolute atomic E-state index is 12.7. The highest BCUT2D eigenvalue weighted by Crippen LogP contribution is 2.34. The number of rotatable bonds is 3. The lowest BCUT2D eigenvalue weighted by molar-refractivity contribution is -0.137. The van der Waals surface area contributed by atoms with Crippen LogP contribution in [-0.4, -0.2) is 24.0 Å². The van der Waals surface area contributed by atoms with Crippen molar-refractivity contribution in [3.05, 3.63) is 29.3 Å². The van der Waals surface area contributed by atoms with E-state index in [4.69, 9.17) is 23.7 Å². The number of hydrogen-bond acceptors (Lipinski definition) is 3. The Morgan fingerprint density at radius 2 is 2.00 bits per heavy atom. The molecule has 21 heavy (non-hydrogen) atoms. The summed E-state index contributed by atoms with van der Waals surface area (Å²) in [6.45, 7) is 0.880. The Hall–Kier alpha value is -1.83. The van der Waals surface area contributed by atoms with Crippen molar-refractivity contribution in [2.75, 3.05) is 18.0 Å². The van der Waals surface area contributed by atoms with E-state index in [1.165, 1.54) is 6.07 Å². The van der Waals surface area contributed by atoms with Gasteiger partial charge in [0, 0.05) is 24.3 Å². The van der Waals surface area contributed by atoms with Crippen LogP contribution in [0.3, 0.4) is 0 Å². The number of nitrogens with zero attached hydrogens (tertiary/aromatic N) is 1. The van der Waals surface area contributed by atoms with Crippen LogP contribution in [0.15, 0.2) is 18.2 Å². The van der Waals surface area contributed by atoms with Gasteiger partial charge in [0.15, 0.2) is 0 Å². The molecule has 2 rings (SSSR count). The van der Waals surface area contributed by atoms with Crippen molar-refractivity contribution in [1.29, 1.82) is 0 Å². The van der Waals surface area contributed by atoms with Gasteiger partial charge in [0.05, 0.1) is 11.5 Å². The first-order valence-electron chi connectivity index (χ1n) is 6.25. The summed E-state index contributed by atoms with van der Waals surface area (Å²) in [6.07, 6.45) is -3.90. The molecule has 0 saturated carbocycles. The van der Waals surface area contributed by atoms with Crippen molar-refractivity contribution in [3.8, 4) is 0 Å². The van der Waals surface area contributed by atoms with Gasteiger partial charge in [0.2, 0.25) is 5.91 Å². The molecule has 8 heteroatoms. The second-order valence-corrected chi connectivity index (χ2v) is 5.37. The number of hydrogen-bond donors (Lipinski definition) is 2. The maximum atomic E-state index is 12.7. The molecule has 1 atom stereocenters. The van der Waals surface area contributed by atoms with Crippen LogP contribution in [0.25, 0.3) is 0 Å². The Morgan fingerprint density at radius 1 is 1.33 bits per heavy atom. The first kappa shape index (κ1) is 15.6. The number of halogens is 3. The third-order valence-corrected chi connectivity index (χ3v) is 3.74. The van der Waals surface area contributed by atoms with E-state index < -0.39 is 17.6 Å². The first-order chi connectivity index (χ1) is 9.70. The molecule has 1 aromatic rings. The quantitative estimate of drug-likeness (QED) is 0.832. The zero-order valence-electron chi connectivity index (χ0n) is 11.0. The molecule has 0 bridgehead atoms. The summed E-state index contributed by atoms with van der Waals surface area (Å²) in [4.78, 5) is 12.8. The number of carbonyl (C=O) groups is 1. The molecule has 1 fully saturated rings. The van der Waals surface area contributed by atoms with Gasteiger partial charge in [0.25, 0.3) is 0 Å². The highest BCUT2D eigenvalue weighted by molar-refractivity contribution is 7.80. The molecule has 0 spiro atoms. The number of amides is 1. The predicted molar refractivity (Wildman–Crippen MR) is 76.8 cm³/mol. The molecule has 1 aromatic carbocycles. The summed E-state index contributed by atoms with van der Waals surface area (Å²) in [5.41, 5.74) is 10.6. The predicted octanol–water partition coefficient (Wildman–Crippen LogP) is 1.65. The van der Waals surface area contributed by atoms with Crippen molar-refractivity contribution in [3.63, 3.8) is 0 Å². The maximum Gasteiger partial charge on any atom is 0.416 e. The Kier molecular flexibility index (Phi) is 4.08. The molecule has 4 nitrogen and oxygen atoms in total. The fourth-order valence-corrected chi connectivity index (χ4v) is 2.56. The number of benzene rings is 1. The van der Waals surface area contributed by atoms with Crippen molar-refractivity contribution < 1.29 is 18.0 Å². The molecule has 1 saturated heterocycles. The van der Waals surface area contributed by atoms with E-state index in [1.54, 1.807) is 4.90 Å². The molecule has 114 valence electrons. The topological polar surface area (TPSA) is 72.4 Å². The second-order valence-electron chi connectivity index (χ2n) is 4.93. The Bertz CT molecular complexity index is 589. The molecule has 0 radical (unpaired) electrons. The molecule has 1 amide bonds. The van der Waals surface area contributed by atoms with Gasteiger partial charge in [0.1, 0.15) is 4.99 Å². The summed E-state index contributed by atoms with van der Waals surface area (Å²) >= 11 is 4.84. The molecule has 1 aliphatic rings. The molecule has 1 aliphatic heterocycles. The highest BCUT2D eigenvalue weighted by Gasteiger charge is 2.33. The molecule has 4 N–H and O–H groups in total. The van der Waals surface area contributed by atoms with E-state index in [2.05, 4.69) is 0 Å². The fourth-order valence-electron chi connectivity index (χ4n) is 2.40. The van der Waals surface area contributed by atoms with Gasteiger partial charge in [-0.3, -0.25) is 4.79 Å². The highest BCUT2D eigenvalue weighted by atomic mass is 32.1. The van der Waals surface area contributed by atoms with E-state index in [9.17, 15) is 18.0 Å². The van der Waals surface area contributed by atoms with Crippen LogP contribution in [0.1, 0.15) is 17.5 Å². The number of anilines is 1. The lowest BCUT2D eigenvalue weighted by atomic mass is 10.1. The Labute approximate surface area is 124 Å². The van der Waals surface area contributed by atoms with Gasteiger partial charge in [-0.25, -0.2) is 0 Å². The lowest BCUT2D eigenvalue weighted by Gasteiger charge is -2.22. The van der Waals surface area contributed by atoms with Crippen LogP contribution in [0.2, 0.25) is 0 Å². The van der Waals surface area contributed by atoms with E-state index in [-0.39, 0.29) is 16.5 Å². The fraction of sp³-hybridized carbons (Fsp3) is 0.385. The average Bonchev–Trinajstić information content (AvgIpc) is 2.86. The van der Waals surface area contributed by atoms with Crippen molar-refractivity contribution >= 4 is 28.8 Å². The SMILES string of the molecule is NC(=O)C1CCN(c2ccc(C(F)(F)F)cc2C(N)=S)C1. The van der Waals surface area contributed by atoms with Crippen LogP contribution in [-0.2, 0) is 11.0 Å². The molecular weight excluding hydrogens is 303 g/mol. The molecule has 0 aliphatic carbocycles. The minimum absolute atomic E-state index is 0.112. The second kappa shape index (κ2) is 5.51. The van der Waals surface area contributed by atoms with Gasteiger partial charge in [-0.05, 0) is 24.6 Å². The minimum Gasteiger partial charge on any atom is -0.389 e. The first-order valence-corrected chi connectivity index (χ1v) is 6.66. The van der Waals surface area contributed by atoms with Gasteiger partial charge in [-0.2, -0.15) is 13.2 Å². The zero-order chi connectivity index (χ0) is 15.8. The molecule has 1 unspecified atom stereocenters. The minimum atomic E-state index is -4.46. The van der Waals surface area contributed by atoms with Crippen molar-refractivity contribution in [1.82, 2.24) is 0 Å². The van der Waals surface area contributed by atoms with E-state index in [0.717, 1.165) is 12.1 Å². The normalized spacial score (nSPS) is 18.8. The summed E-state index contributed by atoms with van der Waals surface area (Å²) in [6, 6.07) is 3.25. The largest absolute Gasteiger partial charge is 0.416 e. The number of alkyl halides is 3. The van der Waals surface area contributed by atoms with E-state index in [1.807, 2.05) is 0 Å². The number of carbonyl (C=O) groups excluding carboxylic acids is 1. The van der Waals surface area contributed by atoms with E-state index in [0.29, 0.717) is 25.2 Å². The molecule has 0 aromatic heterocycles. The third-order valence-electron chi connectivity index (χ3n) is 3.52. The molecular formula is C13H14F3N3OS. The van der Waals surface area contributed by atoms with E-state index >= 15 is 0 Å². The number of thiocarbonyl (C=S) groups is 1. The zero-order valence-corrected chi connectivity index (χ0v) is 11.8. The Balaban J connectivity index is 2.36. The lowest BCUT2D eigenvalue weighted by Crippen LogP contribution is -2.28. The smallest absolute Gasteiger partial charge is 0.389 e. The average molecular weight is 317 g/mol. The van der Waals surface area contributed by atoms with Crippen LogP contribution < -0.4 is 16.4 Å². The van der Waals surface area contributed by atoms with Crippen LogP contribution in [0.5, 0.6) is 0 Å². The van der Waals surface area contributed by atoms with Gasteiger partial charge < -0.3 is 16.4 Å². The van der Waals surface area contributed by atoms with Crippen molar-refractivity contribution in [2.45, 2.75) is 12.6 Å². The Morgan fingerprint density at radius 3 is 2.48 bits per heavy atom. The summed E-state index contributed by atoms with van der Waals surface area (Å²) in [5, 5.41) is 0. The monoisotopic (exact) mass is 317 g/mol. The number of nitrogens with two attached hydrogens (primary N) is 2. The summed E-state index contributed by atoms with van der Waals surface area (Å²) in [5.74, 6) is -0.729. The number of primary amides is 1. The van der Waals surface area contributed by atoms with Crippen LogP contribution in [0, 0.1) is 5.92 Å². The summed E-state index contributed by atoms with van der Waals surface area (Å²) in [7, 11) is 0. The van der Waals surface area contributed by atoms with Gasteiger partial charge >= 0.3 is 6.18 Å². The van der Waals surface area contributed by atoms with Gasteiger partial charge in [-0.1, -0.05) is 12.2 Å². The third kappa shape index (κ3) is 3.26. The molecule has 1 heterocycles.